The van der Waals surface area contributed by atoms with Gasteiger partial charge in [-0.05, 0) is 55.2 Å². The van der Waals surface area contributed by atoms with Crippen LogP contribution in [0.4, 0.5) is 5.69 Å². The third-order valence-electron chi connectivity index (χ3n) is 5.91. The molecular weight excluding hydrogens is 408 g/mol. The Morgan fingerprint density at radius 1 is 1.00 bits per heavy atom. The van der Waals surface area contributed by atoms with Gasteiger partial charge in [0.2, 0.25) is 0 Å². The van der Waals surface area contributed by atoms with Crippen LogP contribution in [0.3, 0.4) is 0 Å². The number of amides is 2. The van der Waals surface area contributed by atoms with E-state index in [1.165, 1.54) is 0 Å². The van der Waals surface area contributed by atoms with E-state index in [0.717, 1.165) is 12.0 Å². The molecular formula is C25H26N2O5. The normalized spacial score (nSPS) is 19.1. The van der Waals surface area contributed by atoms with Gasteiger partial charge in [0, 0.05) is 37.1 Å². The zero-order chi connectivity index (χ0) is 22.5. The van der Waals surface area contributed by atoms with Crippen molar-refractivity contribution < 1.29 is 23.9 Å². The highest BCUT2D eigenvalue weighted by Crippen LogP contribution is 2.30. The van der Waals surface area contributed by atoms with Crippen LogP contribution in [0.15, 0.2) is 48.5 Å². The molecule has 1 fully saturated rings. The van der Waals surface area contributed by atoms with Crippen molar-refractivity contribution in [2.24, 2.45) is 0 Å². The summed E-state index contributed by atoms with van der Waals surface area (Å²) in [6.07, 6.45) is 2.99. The summed E-state index contributed by atoms with van der Waals surface area (Å²) in [7, 11) is 0. The Bertz CT molecular complexity index is 1030. The van der Waals surface area contributed by atoms with E-state index in [1.54, 1.807) is 35.2 Å². The summed E-state index contributed by atoms with van der Waals surface area (Å²) in [5.74, 6) is 0.273. The molecule has 2 aliphatic rings. The molecule has 0 aromatic heterocycles. The second-order valence-corrected chi connectivity index (χ2v) is 8.22. The van der Waals surface area contributed by atoms with Crippen LogP contribution < -0.4 is 10.1 Å². The van der Waals surface area contributed by atoms with E-state index in [4.69, 9.17) is 4.74 Å². The molecule has 1 aliphatic carbocycles. The minimum Gasteiger partial charge on any atom is -0.484 e. The topological polar surface area (TPSA) is 92.8 Å². The van der Waals surface area contributed by atoms with E-state index < -0.39 is 6.04 Å². The maximum absolute atomic E-state index is 13.0. The molecule has 1 heterocycles. The molecule has 2 aromatic rings. The first kappa shape index (κ1) is 21.7. The van der Waals surface area contributed by atoms with Gasteiger partial charge >= 0.3 is 0 Å². The first-order valence-corrected chi connectivity index (χ1v) is 11.0. The SMILES string of the molecule is O=C1CCCCC(=O)C(N2Cc3cc(NC(=O)COc4ccccc4)ccc3C2=O)CC1. The minimum absolute atomic E-state index is 0.0208. The average molecular weight is 434 g/mol. The number of benzene rings is 2. The fourth-order valence-corrected chi connectivity index (χ4v) is 4.24. The molecule has 1 aliphatic heterocycles. The van der Waals surface area contributed by atoms with Crippen LogP contribution in [0, 0.1) is 0 Å². The van der Waals surface area contributed by atoms with Crippen LogP contribution in [-0.2, 0) is 20.9 Å². The van der Waals surface area contributed by atoms with Gasteiger partial charge in [0.1, 0.15) is 11.5 Å². The minimum atomic E-state index is -0.575. The zero-order valence-corrected chi connectivity index (χ0v) is 17.8. The number of Topliss-reactive ketones (excluding diaryl/α,β-unsaturated/α-hetero) is 2. The summed E-state index contributed by atoms with van der Waals surface area (Å²) in [4.78, 5) is 51.5. The Balaban J connectivity index is 1.41. The molecule has 0 bridgehead atoms. The number of para-hydroxylation sites is 1. The van der Waals surface area contributed by atoms with Crippen LogP contribution in [0.25, 0.3) is 0 Å². The fourth-order valence-electron chi connectivity index (χ4n) is 4.24. The maximum Gasteiger partial charge on any atom is 0.262 e. The number of ether oxygens (including phenoxy) is 1. The number of fused-ring (bicyclic) bond motifs is 1. The molecule has 4 rings (SSSR count). The van der Waals surface area contributed by atoms with Gasteiger partial charge in [-0.3, -0.25) is 19.2 Å². The van der Waals surface area contributed by atoms with Crippen LogP contribution in [0.5, 0.6) is 5.75 Å². The molecule has 1 unspecified atom stereocenters. The van der Waals surface area contributed by atoms with Crippen molar-refractivity contribution >= 4 is 29.1 Å². The molecule has 2 aromatic carbocycles. The summed E-state index contributed by atoms with van der Waals surface area (Å²) in [5, 5.41) is 2.79. The van der Waals surface area contributed by atoms with Gasteiger partial charge in [0.25, 0.3) is 11.8 Å². The average Bonchev–Trinajstić information content (AvgIpc) is 3.14. The van der Waals surface area contributed by atoms with Crippen LogP contribution in [0.2, 0.25) is 0 Å². The van der Waals surface area contributed by atoms with Crippen LogP contribution >= 0.6 is 0 Å². The molecule has 1 saturated carbocycles. The highest BCUT2D eigenvalue weighted by Gasteiger charge is 2.36. The highest BCUT2D eigenvalue weighted by atomic mass is 16.5. The van der Waals surface area contributed by atoms with Gasteiger partial charge in [-0.1, -0.05) is 18.2 Å². The molecule has 0 radical (unpaired) electrons. The Morgan fingerprint density at radius 3 is 2.59 bits per heavy atom. The summed E-state index contributed by atoms with van der Waals surface area (Å²) >= 11 is 0. The molecule has 1 atom stereocenters. The van der Waals surface area contributed by atoms with Crippen molar-refractivity contribution in [3.05, 3.63) is 59.7 Å². The van der Waals surface area contributed by atoms with Gasteiger partial charge in [-0.25, -0.2) is 0 Å². The van der Waals surface area contributed by atoms with Crippen LogP contribution in [0.1, 0.15) is 54.4 Å². The van der Waals surface area contributed by atoms with Crippen LogP contribution in [-0.4, -0.2) is 40.9 Å². The number of carbonyl (C=O) groups is 4. The smallest absolute Gasteiger partial charge is 0.262 e. The van der Waals surface area contributed by atoms with Gasteiger partial charge in [-0.15, -0.1) is 0 Å². The number of nitrogens with zero attached hydrogens (tertiary/aromatic N) is 1. The van der Waals surface area contributed by atoms with E-state index in [2.05, 4.69) is 5.32 Å². The lowest BCUT2D eigenvalue weighted by atomic mass is 10.0. The van der Waals surface area contributed by atoms with Crippen molar-refractivity contribution in [2.75, 3.05) is 11.9 Å². The maximum atomic E-state index is 13.0. The van der Waals surface area contributed by atoms with Crippen molar-refractivity contribution in [3.63, 3.8) is 0 Å². The van der Waals surface area contributed by atoms with E-state index in [9.17, 15) is 19.2 Å². The van der Waals surface area contributed by atoms with Gasteiger partial charge in [0.15, 0.2) is 12.4 Å². The second-order valence-electron chi connectivity index (χ2n) is 8.22. The lowest BCUT2D eigenvalue weighted by Crippen LogP contribution is -2.41. The molecule has 32 heavy (non-hydrogen) atoms. The van der Waals surface area contributed by atoms with Crippen molar-refractivity contribution in [1.82, 2.24) is 4.90 Å². The van der Waals surface area contributed by atoms with Crippen molar-refractivity contribution in [3.8, 4) is 5.75 Å². The molecule has 166 valence electrons. The summed E-state index contributed by atoms with van der Waals surface area (Å²) in [6, 6.07) is 13.6. The lowest BCUT2D eigenvalue weighted by Gasteiger charge is -2.26. The molecule has 1 N–H and O–H groups in total. The first-order chi connectivity index (χ1) is 15.5. The number of ketones is 2. The Kier molecular flexibility index (Phi) is 6.63. The summed E-state index contributed by atoms with van der Waals surface area (Å²) < 4.78 is 5.46. The molecule has 2 amide bonds. The molecule has 7 nitrogen and oxygen atoms in total. The fraction of sp³-hybridized carbons (Fsp3) is 0.360. The standard InChI is InChI=1S/C25H26N2O5/c28-19-6-4-5-9-23(29)22(13-11-19)27-15-17-14-18(10-12-21(17)25(27)31)26-24(30)16-32-20-7-2-1-3-8-20/h1-3,7-8,10,12,14,22H,4-6,9,11,13,15-16H2,(H,26,30). The molecule has 7 heteroatoms. The molecule has 0 saturated heterocycles. The monoisotopic (exact) mass is 434 g/mol. The zero-order valence-electron chi connectivity index (χ0n) is 17.8. The lowest BCUT2D eigenvalue weighted by molar-refractivity contribution is -0.124. The number of hydrogen-bond acceptors (Lipinski definition) is 5. The largest absolute Gasteiger partial charge is 0.484 e. The summed E-state index contributed by atoms with van der Waals surface area (Å²) in [6.45, 7) is 0.166. The quantitative estimate of drug-likeness (QED) is 0.777. The van der Waals surface area contributed by atoms with Gasteiger partial charge in [0.05, 0.1) is 6.04 Å². The van der Waals surface area contributed by atoms with Crippen molar-refractivity contribution in [2.45, 2.75) is 51.1 Å². The number of hydrogen-bond donors (Lipinski definition) is 1. The first-order valence-electron chi connectivity index (χ1n) is 11.0. The number of anilines is 1. The Hall–Kier alpha value is -3.48. The Morgan fingerprint density at radius 2 is 1.78 bits per heavy atom. The van der Waals surface area contributed by atoms with Gasteiger partial charge < -0.3 is 15.0 Å². The molecule has 0 spiro atoms. The van der Waals surface area contributed by atoms with Crippen molar-refractivity contribution in [1.29, 1.82) is 0 Å². The number of carbonyl (C=O) groups excluding carboxylic acids is 4. The Labute approximate surface area is 186 Å². The number of rotatable bonds is 5. The van der Waals surface area contributed by atoms with Gasteiger partial charge in [-0.2, -0.15) is 0 Å². The predicted molar refractivity (Wildman–Crippen MR) is 118 cm³/mol. The van der Waals surface area contributed by atoms with E-state index in [0.29, 0.717) is 55.6 Å². The van der Waals surface area contributed by atoms with E-state index in [1.807, 2.05) is 18.2 Å². The predicted octanol–water partition coefficient (Wildman–Crippen LogP) is 3.52. The van der Waals surface area contributed by atoms with E-state index in [-0.39, 0.29) is 30.0 Å². The second kappa shape index (κ2) is 9.77. The highest BCUT2D eigenvalue weighted by molar-refractivity contribution is 6.02. The van der Waals surface area contributed by atoms with E-state index >= 15 is 0 Å². The number of nitrogens with one attached hydrogen (secondary N) is 1. The summed E-state index contributed by atoms with van der Waals surface area (Å²) in [5.41, 5.74) is 1.86. The third kappa shape index (κ3) is 5.04. The third-order valence-corrected chi connectivity index (χ3v) is 5.91.